The van der Waals surface area contributed by atoms with Crippen LogP contribution in [0.2, 0.25) is 0 Å². The monoisotopic (exact) mass is 444 g/mol. The van der Waals surface area contributed by atoms with Gasteiger partial charge in [0, 0.05) is 6.54 Å². The molecule has 4 rings (SSSR count). The van der Waals surface area contributed by atoms with E-state index in [-0.39, 0.29) is 5.92 Å². The Morgan fingerprint density at radius 3 is 2.56 bits per heavy atom. The molecule has 32 heavy (non-hydrogen) atoms. The van der Waals surface area contributed by atoms with Crippen LogP contribution in [0.5, 0.6) is 11.6 Å². The Labute approximate surface area is 190 Å². The zero-order chi connectivity index (χ0) is 22.5. The molecule has 1 saturated carbocycles. The number of fused-ring (bicyclic) bond motifs is 1. The van der Waals surface area contributed by atoms with Crippen molar-refractivity contribution < 1.29 is 23.9 Å². The smallest absolute Gasteiger partial charge is 0.306 e. The molecule has 0 radical (unpaired) electrons. The number of piperidine rings is 1. The Hall–Kier alpha value is -2.28. The summed E-state index contributed by atoms with van der Waals surface area (Å²) in [6.45, 7) is 8.78. The summed E-state index contributed by atoms with van der Waals surface area (Å²) in [7, 11) is 0. The molecule has 2 heterocycles. The molecule has 2 fully saturated rings. The average Bonchev–Trinajstić information content (AvgIpc) is 3.21. The van der Waals surface area contributed by atoms with Gasteiger partial charge in [0.05, 0.1) is 19.1 Å². The molecule has 0 unspecified atom stereocenters. The first-order valence-corrected chi connectivity index (χ1v) is 12.1. The minimum Gasteiger partial charge on any atom is -0.492 e. The lowest BCUT2D eigenvalue weighted by molar-refractivity contribution is -0.143. The number of likely N-dealkylation sites (tertiary alicyclic amines) is 1. The van der Waals surface area contributed by atoms with E-state index in [4.69, 9.17) is 14.0 Å². The van der Waals surface area contributed by atoms with Crippen molar-refractivity contribution in [2.24, 2.45) is 23.7 Å². The maximum atomic E-state index is 11.1. The van der Waals surface area contributed by atoms with E-state index in [1.165, 1.54) is 0 Å². The molecule has 1 aromatic carbocycles. The van der Waals surface area contributed by atoms with E-state index in [9.17, 15) is 9.90 Å². The molecule has 1 aliphatic heterocycles. The summed E-state index contributed by atoms with van der Waals surface area (Å²) in [5, 5.41) is 14.1. The van der Waals surface area contributed by atoms with Crippen LogP contribution >= 0.6 is 0 Å². The third-order valence-corrected chi connectivity index (χ3v) is 6.88. The van der Waals surface area contributed by atoms with Crippen molar-refractivity contribution in [1.82, 2.24) is 10.1 Å². The molecule has 1 saturated heterocycles. The van der Waals surface area contributed by atoms with Gasteiger partial charge in [0.25, 0.3) is 5.88 Å². The fourth-order valence-corrected chi connectivity index (χ4v) is 4.90. The van der Waals surface area contributed by atoms with Crippen molar-refractivity contribution in [3.05, 3.63) is 18.2 Å². The largest absolute Gasteiger partial charge is 0.492 e. The van der Waals surface area contributed by atoms with Gasteiger partial charge in [0.2, 0.25) is 0 Å². The normalized spacial score (nSPS) is 23.0. The van der Waals surface area contributed by atoms with Gasteiger partial charge < -0.3 is 24.0 Å². The fraction of sp³-hybridized carbons (Fsp3) is 0.680. The number of hydrogen-bond donors (Lipinski definition) is 1. The number of aliphatic carboxylic acids is 1. The van der Waals surface area contributed by atoms with Crippen LogP contribution in [0.15, 0.2) is 22.7 Å². The minimum atomic E-state index is -0.622. The van der Waals surface area contributed by atoms with E-state index in [2.05, 4.69) is 23.9 Å². The Bertz CT molecular complexity index is 880. The second-order valence-corrected chi connectivity index (χ2v) is 9.93. The van der Waals surface area contributed by atoms with Crippen LogP contribution in [0.4, 0.5) is 0 Å². The summed E-state index contributed by atoms with van der Waals surface area (Å²) in [6.07, 6.45) is 5.96. The zero-order valence-electron chi connectivity index (χ0n) is 19.3. The first kappa shape index (κ1) is 22.9. The van der Waals surface area contributed by atoms with Crippen LogP contribution in [0.25, 0.3) is 11.0 Å². The van der Waals surface area contributed by atoms with Crippen molar-refractivity contribution >= 4 is 16.9 Å². The summed E-state index contributed by atoms with van der Waals surface area (Å²) in [5.74, 6) is 2.12. The van der Waals surface area contributed by atoms with Crippen LogP contribution in [0, 0.1) is 23.7 Å². The lowest BCUT2D eigenvalue weighted by Crippen LogP contribution is -2.39. The van der Waals surface area contributed by atoms with Crippen LogP contribution in [0.3, 0.4) is 0 Å². The number of hydrogen-bond acceptors (Lipinski definition) is 6. The molecule has 1 N–H and O–H groups in total. The SMILES string of the molecule is CC(C)COc1cccc2onc(OCC3CCN(C[C@H]4CC[C@H](C(=O)O)CC4)CC3)c12. The molecule has 7 heteroatoms. The molecule has 0 atom stereocenters. The van der Waals surface area contributed by atoms with Crippen molar-refractivity contribution in [1.29, 1.82) is 0 Å². The lowest BCUT2D eigenvalue weighted by Gasteiger charge is -2.36. The highest BCUT2D eigenvalue weighted by Gasteiger charge is 2.28. The summed E-state index contributed by atoms with van der Waals surface area (Å²) >= 11 is 0. The highest BCUT2D eigenvalue weighted by Crippen LogP contribution is 2.35. The van der Waals surface area contributed by atoms with E-state index >= 15 is 0 Å². The Morgan fingerprint density at radius 1 is 1.12 bits per heavy atom. The highest BCUT2D eigenvalue weighted by atomic mass is 16.5. The molecule has 0 spiro atoms. The van der Waals surface area contributed by atoms with Gasteiger partial charge in [-0.05, 0) is 86.7 Å². The Morgan fingerprint density at radius 2 is 1.88 bits per heavy atom. The van der Waals surface area contributed by atoms with E-state index in [1.807, 2.05) is 18.2 Å². The summed E-state index contributed by atoms with van der Waals surface area (Å²) in [6, 6.07) is 5.74. The number of aromatic nitrogens is 1. The van der Waals surface area contributed by atoms with E-state index in [0.717, 1.165) is 69.3 Å². The lowest BCUT2D eigenvalue weighted by atomic mass is 9.81. The zero-order valence-corrected chi connectivity index (χ0v) is 19.3. The van der Waals surface area contributed by atoms with Gasteiger partial charge in [0.15, 0.2) is 5.58 Å². The summed E-state index contributed by atoms with van der Waals surface area (Å²) in [4.78, 5) is 13.7. The Kier molecular flexibility index (Phi) is 7.55. The van der Waals surface area contributed by atoms with Gasteiger partial charge in [-0.15, -0.1) is 0 Å². The predicted octanol–water partition coefficient (Wildman–Crippen LogP) is 4.84. The van der Waals surface area contributed by atoms with Gasteiger partial charge in [-0.1, -0.05) is 19.9 Å². The minimum absolute atomic E-state index is 0.127. The maximum absolute atomic E-state index is 11.1. The van der Waals surface area contributed by atoms with Crippen molar-refractivity contribution in [2.45, 2.75) is 52.4 Å². The maximum Gasteiger partial charge on any atom is 0.306 e. The molecule has 2 aliphatic rings. The molecule has 1 aromatic heterocycles. The third kappa shape index (κ3) is 5.74. The molecule has 2 aromatic rings. The van der Waals surface area contributed by atoms with Gasteiger partial charge in [-0.3, -0.25) is 4.79 Å². The van der Waals surface area contributed by atoms with Gasteiger partial charge in [-0.25, -0.2) is 0 Å². The fourth-order valence-electron chi connectivity index (χ4n) is 4.90. The molecule has 0 amide bonds. The van der Waals surface area contributed by atoms with Crippen LogP contribution in [-0.4, -0.2) is 54.0 Å². The average molecular weight is 445 g/mol. The Balaban J connectivity index is 1.24. The molecule has 0 bridgehead atoms. The third-order valence-electron chi connectivity index (χ3n) is 6.88. The first-order chi connectivity index (χ1) is 15.5. The number of carboxylic acids is 1. The molecular formula is C25H36N2O5. The summed E-state index contributed by atoms with van der Waals surface area (Å²) in [5.41, 5.74) is 0.689. The van der Waals surface area contributed by atoms with Crippen molar-refractivity contribution in [3.63, 3.8) is 0 Å². The summed E-state index contributed by atoms with van der Waals surface area (Å²) < 4.78 is 17.5. The van der Waals surface area contributed by atoms with E-state index in [0.29, 0.717) is 42.4 Å². The van der Waals surface area contributed by atoms with Gasteiger partial charge in [-0.2, -0.15) is 0 Å². The number of benzene rings is 1. The second kappa shape index (κ2) is 10.6. The van der Waals surface area contributed by atoms with Gasteiger partial charge in [0.1, 0.15) is 11.1 Å². The number of carbonyl (C=O) groups is 1. The van der Waals surface area contributed by atoms with Gasteiger partial charge >= 0.3 is 5.97 Å². The van der Waals surface area contributed by atoms with Crippen molar-refractivity contribution in [3.8, 4) is 11.6 Å². The molecule has 1 aliphatic carbocycles. The number of ether oxygens (including phenoxy) is 2. The predicted molar refractivity (Wildman–Crippen MR) is 122 cm³/mol. The first-order valence-electron chi connectivity index (χ1n) is 12.1. The van der Waals surface area contributed by atoms with E-state index < -0.39 is 5.97 Å². The number of nitrogens with zero attached hydrogens (tertiary/aromatic N) is 2. The van der Waals surface area contributed by atoms with E-state index in [1.54, 1.807) is 0 Å². The van der Waals surface area contributed by atoms with Crippen molar-refractivity contribution in [2.75, 3.05) is 32.8 Å². The van der Waals surface area contributed by atoms with Crippen LogP contribution < -0.4 is 9.47 Å². The number of rotatable bonds is 9. The standard InChI is InChI=1S/C25H36N2O5/c1-17(2)15-30-21-4-3-5-22-23(21)24(26-32-22)31-16-19-10-12-27(13-11-19)14-18-6-8-20(9-7-18)25(28)29/h3-5,17-20H,6-16H2,1-2H3,(H,28,29)/t18-,20-. The van der Waals surface area contributed by atoms with Crippen LogP contribution in [0.1, 0.15) is 52.4 Å². The second-order valence-electron chi connectivity index (χ2n) is 9.93. The molecule has 176 valence electrons. The topological polar surface area (TPSA) is 85.0 Å². The van der Waals surface area contributed by atoms with Crippen LogP contribution in [-0.2, 0) is 4.79 Å². The number of carboxylic acid groups (broad SMARTS) is 1. The molecular weight excluding hydrogens is 408 g/mol. The quantitative estimate of drug-likeness (QED) is 0.592. The highest BCUT2D eigenvalue weighted by molar-refractivity contribution is 5.88. The molecule has 7 nitrogen and oxygen atoms in total.